The van der Waals surface area contributed by atoms with Gasteiger partial charge in [-0.05, 0) is 44.9 Å². The maximum absolute atomic E-state index is 13.0. The monoisotopic (exact) mass is 352 g/mol. The molecule has 25 heavy (non-hydrogen) atoms. The highest BCUT2D eigenvalue weighted by Gasteiger charge is 2.36. The molecule has 0 saturated carbocycles. The number of aliphatic carboxylic acids is 1. The lowest BCUT2D eigenvalue weighted by molar-refractivity contribution is -0.147. The molecule has 2 N–H and O–H groups in total. The van der Waals surface area contributed by atoms with Crippen molar-refractivity contribution in [3.63, 3.8) is 0 Å². The topological polar surface area (TPSA) is 86.7 Å². The van der Waals surface area contributed by atoms with Crippen LogP contribution in [-0.4, -0.2) is 40.9 Å². The molecule has 0 bridgehead atoms. The van der Waals surface area contributed by atoms with Crippen LogP contribution in [0.4, 0.5) is 4.39 Å². The van der Waals surface area contributed by atoms with Crippen molar-refractivity contribution in [3.8, 4) is 0 Å². The zero-order valence-electron chi connectivity index (χ0n) is 14.8. The van der Waals surface area contributed by atoms with Crippen LogP contribution in [0.25, 0.3) is 0 Å². The van der Waals surface area contributed by atoms with Crippen molar-refractivity contribution in [2.24, 2.45) is 0 Å². The van der Waals surface area contributed by atoms with Crippen molar-refractivity contribution in [1.82, 2.24) is 10.2 Å². The predicted molar refractivity (Wildman–Crippen MR) is 91.3 cm³/mol. The van der Waals surface area contributed by atoms with Gasteiger partial charge in [0.1, 0.15) is 5.82 Å². The van der Waals surface area contributed by atoms with Gasteiger partial charge in [0.2, 0.25) is 11.8 Å². The third kappa shape index (κ3) is 5.55. The molecule has 0 radical (unpaired) electrons. The molecular formula is C18H25FN2O4. The van der Waals surface area contributed by atoms with Crippen molar-refractivity contribution in [2.75, 3.05) is 13.1 Å². The van der Waals surface area contributed by atoms with Crippen LogP contribution in [0.2, 0.25) is 0 Å². The van der Waals surface area contributed by atoms with E-state index in [0.29, 0.717) is 19.5 Å². The van der Waals surface area contributed by atoms with Crippen LogP contribution in [0, 0.1) is 5.82 Å². The van der Waals surface area contributed by atoms with Crippen molar-refractivity contribution < 1.29 is 23.9 Å². The van der Waals surface area contributed by atoms with Crippen LogP contribution in [0.5, 0.6) is 0 Å². The minimum atomic E-state index is -1.66. The van der Waals surface area contributed by atoms with E-state index in [1.165, 1.54) is 19.1 Å². The first kappa shape index (κ1) is 20.6. The zero-order valence-corrected chi connectivity index (χ0v) is 14.8. The normalized spacial score (nSPS) is 13.0. The molecule has 1 aromatic carbocycles. The Morgan fingerprint density at radius 3 is 2.16 bits per heavy atom. The lowest BCUT2D eigenvalue weighted by atomic mass is 9.91. The average Bonchev–Trinajstić information content (AvgIpc) is 2.56. The molecule has 0 fully saturated rings. The minimum Gasteiger partial charge on any atom is -0.479 e. The summed E-state index contributed by atoms with van der Waals surface area (Å²) in [6, 6.07) is 4.94. The van der Waals surface area contributed by atoms with E-state index in [0.717, 1.165) is 12.1 Å². The fourth-order valence-corrected chi connectivity index (χ4v) is 2.51. The number of carboxylic acids is 1. The van der Waals surface area contributed by atoms with Crippen LogP contribution in [-0.2, 0) is 19.9 Å². The Balaban J connectivity index is 2.67. The highest BCUT2D eigenvalue weighted by atomic mass is 19.1. The Labute approximate surface area is 147 Å². The standard InChI is InChI=1S/C18H25FN2O4/c1-4-21(5-2)16(23)8-6-7-15(22)20-18(3,17(24)25)13-9-11-14(19)12-10-13/h9-12H,4-8H2,1-3H3,(H,20,22)(H,24,25). The Morgan fingerprint density at radius 2 is 1.68 bits per heavy atom. The van der Waals surface area contributed by atoms with E-state index in [1.54, 1.807) is 4.90 Å². The Morgan fingerprint density at radius 1 is 1.12 bits per heavy atom. The van der Waals surface area contributed by atoms with Crippen molar-refractivity contribution in [2.45, 2.75) is 45.6 Å². The minimum absolute atomic E-state index is 0.0302. The van der Waals surface area contributed by atoms with Gasteiger partial charge >= 0.3 is 5.97 Å². The molecular weight excluding hydrogens is 327 g/mol. The number of carbonyl (C=O) groups is 3. The molecule has 2 amide bonds. The highest BCUT2D eigenvalue weighted by Crippen LogP contribution is 2.22. The third-order valence-corrected chi connectivity index (χ3v) is 4.15. The molecule has 0 aromatic heterocycles. The lowest BCUT2D eigenvalue weighted by Gasteiger charge is -2.27. The average molecular weight is 352 g/mol. The van der Waals surface area contributed by atoms with E-state index in [1.807, 2.05) is 13.8 Å². The molecule has 7 heteroatoms. The first-order valence-electron chi connectivity index (χ1n) is 8.32. The van der Waals surface area contributed by atoms with Crippen LogP contribution in [0.3, 0.4) is 0 Å². The second-order valence-electron chi connectivity index (χ2n) is 5.90. The number of hydrogen-bond acceptors (Lipinski definition) is 3. The molecule has 1 atom stereocenters. The molecule has 1 aromatic rings. The SMILES string of the molecule is CCN(CC)C(=O)CCCC(=O)NC(C)(C(=O)O)c1ccc(F)cc1. The van der Waals surface area contributed by atoms with Crippen molar-refractivity contribution in [3.05, 3.63) is 35.6 Å². The van der Waals surface area contributed by atoms with Gasteiger partial charge in [0.05, 0.1) is 0 Å². The number of amides is 2. The van der Waals surface area contributed by atoms with Crippen molar-refractivity contribution >= 4 is 17.8 Å². The summed E-state index contributed by atoms with van der Waals surface area (Å²) in [7, 11) is 0. The van der Waals surface area contributed by atoms with Gasteiger partial charge in [0.15, 0.2) is 5.54 Å². The summed E-state index contributed by atoms with van der Waals surface area (Å²) in [6.45, 7) is 6.35. The summed E-state index contributed by atoms with van der Waals surface area (Å²) in [5.74, 6) is -2.23. The molecule has 0 aliphatic carbocycles. The van der Waals surface area contributed by atoms with Crippen LogP contribution in [0.15, 0.2) is 24.3 Å². The van der Waals surface area contributed by atoms with E-state index < -0.39 is 23.2 Å². The van der Waals surface area contributed by atoms with E-state index in [4.69, 9.17) is 0 Å². The molecule has 0 aliphatic rings. The molecule has 0 spiro atoms. The van der Waals surface area contributed by atoms with Crippen molar-refractivity contribution in [1.29, 1.82) is 0 Å². The number of halogens is 1. The largest absolute Gasteiger partial charge is 0.479 e. The predicted octanol–water partition coefficient (Wildman–Crippen LogP) is 2.28. The van der Waals surface area contributed by atoms with Gasteiger partial charge in [-0.25, -0.2) is 9.18 Å². The van der Waals surface area contributed by atoms with Gasteiger partial charge in [-0.3, -0.25) is 9.59 Å². The molecule has 0 aliphatic heterocycles. The van der Waals surface area contributed by atoms with E-state index in [9.17, 15) is 23.9 Å². The second kappa shape index (κ2) is 9.15. The number of nitrogens with one attached hydrogen (secondary N) is 1. The van der Waals surface area contributed by atoms with Gasteiger partial charge in [0, 0.05) is 25.9 Å². The third-order valence-electron chi connectivity index (χ3n) is 4.15. The van der Waals surface area contributed by atoms with Gasteiger partial charge in [0.25, 0.3) is 0 Å². The number of rotatable bonds is 9. The van der Waals surface area contributed by atoms with Gasteiger partial charge in [-0.2, -0.15) is 0 Å². The summed E-state index contributed by atoms with van der Waals surface area (Å²) in [5.41, 5.74) is -1.39. The van der Waals surface area contributed by atoms with Crippen LogP contribution in [0.1, 0.15) is 45.6 Å². The number of carboxylic acid groups (broad SMARTS) is 1. The molecule has 1 rings (SSSR count). The maximum Gasteiger partial charge on any atom is 0.333 e. The first-order chi connectivity index (χ1) is 11.7. The molecule has 0 heterocycles. The number of benzene rings is 1. The summed E-state index contributed by atoms with van der Waals surface area (Å²) >= 11 is 0. The maximum atomic E-state index is 13.0. The summed E-state index contributed by atoms with van der Waals surface area (Å²) in [5, 5.41) is 12.0. The van der Waals surface area contributed by atoms with Gasteiger partial charge in [-0.1, -0.05) is 12.1 Å². The number of nitrogens with zero attached hydrogens (tertiary/aromatic N) is 1. The van der Waals surface area contributed by atoms with E-state index >= 15 is 0 Å². The van der Waals surface area contributed by atoms with E-state index in [-0.39, 0.29) is 24.3 Å². The Bertz CT molecular complexity index is 614. The molecule has 1 unspecified atom stereocenters. The summed E-state index contributed by atoms with van der Waals surface area (Å²) < 4.78 is 13.0. The summed E-state index contributed by atoms with van der Waals surface area (Å²) in [6.07, 6.45) is 0.604. The fourth-order valence-electron chi connectivity index (χ4n) is 2.51. The second-order valence-corrected chi connectivity index (χ2v) is 5.90. The Kier molecular flexibility index (Phi) is 7.54. The Hall–Kier alpha value is -2.44. The van der Waals surface area contributed by atoms with E-state index in [2.05, 4.69) is 5.32 Å². The smallest absolute Gasteiger partial charge is 0.333 e. The molecule has 0 saturated heterocycles. The highest BCUT2D eigenvalue weighted by molar-refractivity contribution is 5.88. The molecule has 6 nitrogen and oxygen atoms in total. The van der Waals surface area contributed by atoms with Crippen LogP contribution < -0.4 is 5.32 Å². The lowest BCUT2D eigenvalue weighted by Crippen LogP contribution is -2.49. The zero-order chi connectivity index (χ0) is 19.0. The fraction of sp³-hybridized carbons (Fsp3) is 0.500. The summed E-state index contributed by atoms with van der Waals surface area (Å²) in [4.78, 5) is 37.3. The first-order valence-corrected chi connectivity index (χ1v) is 8.32. The number of hydrogen-bond donors (Lipinski definition) is 2. The number of carbonyl (C=O) groups excluding carboxylic acids is 2. The molecule has 138 valence electrons. The van der Waals surface area contributed by atoms with Gasteiger partial charge in [-0.15, -0.1) is 0 Å². The van der Waals surface area contributed by atoms with Crippen LogP contribution >= 0.6 is 0 Å². The quantitative estimate of drug-likeness (QED) is 0.714. The van der Waals surface area contributed by atoms with Gasteiger partial charge < -0.3 is 15.3 Å².